The third-order valence-corrected chi connectivity index (χ3v) is 7.84. The van der Waals surface area contributed by atoms with E-state index in [0.29, 0.717) is 37.6 Å². The van der Waals surface area contributed by atoms with Crippen LogP contribution in [0.3, 0.4) is 0 Å². The van der Waals surface area contributed by atoms with E-state index in [9.17, 15) is 14.4 Å². The number of benzene rings is 1. The molecule has 2 saturated heterocycles. The average molecular weight is 464 g/mol. The molecule has 1 N–H and O–H groups in total. The molecule has 3 amide bonds. The van der Waals surface area contributed by atoms with Gasteiger partial charge in [-0.1, -0.05) is 42.5 Å². The highest BCUT2D eigenvalue weighted by atomic mass is 16.2. The fourth-order valence-corrected chi connectivity index (χ4v) is 5.49. The van der Waals surface area contributed by atoms with Crippen molar-refractivity contribution in [1.29, 1.82) is 0 Å². The number of piperazine rings is 1. The molecule has 8 heteroatoms. The number of carbonyl (C=O) groups excluding carboxylic acids is 3. The maximum atomic E-state index is 13.2. The van der Waals surface area contributed by atoms with Crippen molar-refractivity contribution < 1.29 is 14.4 Å². The molecule has 8 nitrogen and oxygen atoms in total. The zero-order valence-electron chi connectivity index (χ0n) is 19.6. The average Bonchev–Trinajstić information content (AvgIpc) is 3.58. The lowest BCUT2D eigenvalue weighted by atomic mass is 9.90. The van der Waals surface area contributed by atoms with Crippen LogP contribution in [0.4, 0.5) is 0 Å². The van der Waals surface area contributed by atoms with Gasteiger partial charge in [0, 0.05) is 64.6 Å². The number of piperidine rings is 1. The summed E-state index contributed by atoms with van der Waals surface area (Å²) in [5.74, 6) is 0.202. The molecular formula is C26H33N5O3. The molecule has 1 saturated carbocycles. The molecule has 0 unspecified atom stereocenters. The smallest absolute Gasteiger partial charge is 0.270 e. The number of nitrogens with one attached hydrogen (secondary N) is 1. The lowest BCUT2D eigenvalue weighted by Crippen LogP contribution is -2.50. The Morgan fingerprint density at radius 2 is 1.74 bits per heavy atom. The molecule has 3 heterocycles. The fourth-order valence-electron chi connectivity index (χ4n) is 5.49. The Balaban J connectivity index is 1.05. The van der Waals surface area contributed by atoms with Gasteiger partial charge >= 0.3 is 0 Å². The van der Waals surface area contributed by atoms with Crippen molar-refractivity contribution in [1.82, 2.24) is 20.1 Å². The van der Waals surface area contributed by atoms with E-state index in [4.69, 9.17) is 0 Å². The molecule has 1 spiro atoms. The lowest BCUT2D eigenvalue weighted by molar-refractivity contribution is -0.135. The van der Waals surface area contributed by atoms with Crippen LogP contribution in [-0.4, -0.2) is 83.9 Å². The monoisotopic (exact) mass is 463 g/mol. The lowest BCUT2D eigenvalue weighted by Gasteiger charge is -2.36. The summed E-state index contributed by atoms with van der Waals surface area (Å²) in [6.07, 6.45) is 7.77. The summed E-state index contributed by atoms with van der Waals surface area (Å²) in [6.45, 7) is 5.63. The van der Waals surface area contributed by atoms with Crippen molar-refractivity contribution in [3.8, 4) is 0 Å². The number of rotatable bonds is 5. The largest absolute Gasteiger partial charge is 0.340 e. The molecule has 0 bridgehead atoms. The minimum atomic E-state index is -0.141. The van der Waals surface area contributed by atoms with Gasteiger partial charge in [-0.25, -0.2) is 5.43 Å². The topological polar surface area (TPSA) is 85.3 Å². The molecule has 1 aromatic carbocycles. The highest BCUT2D eigenvalue weighted by Crippen LogP contribution is 2.60. The van der Waals surface area contributed by atoms with Gasteiger partial charge in [-0.2, -0.15) is 5.10 Å². The van der Waals surface area contributed by atoms with Gasteiger partial charge in [0.15, 0.2) is 0 Å². The molecule has 4 aliphatic rings. The van der Waals surface area contributed by atoms with Crippen LogP contribution in [0.2, 0.25) is 0 Å². The van der Waals surface area contributed by atoms with Crippen LogP contribution in [0.5, 0.6) is 0 Å². The number of hydrogen-bond acceptors (Lipinski definition) is 5. The van der Waals surface area contributed by atoms with Crippen LogP contribution in [0.15, 0.2) is 41.5 Å². The van der Waals surface area contributed by atoms with Gasteiger partial charge in [-0.3, -0.25) is 19.3 Å². The molecule has 0 aromatic heterocycles. The van der Waals surface area contributed by atoms with Gasteiger partial charge in [0.25, 0.3) is 5.91 Å². The molecule has 1 atom stereocenters. The molecule has 3 fully saturated rings. The first kappa shape index (κ1) is 22.8. The van der Waals surface area contributed by atoms with Gasteiger partial charge in [-0.15, -0.1) is 0 Å². The number of likely N-dealkylation sites (tertiary alicyclic amines) is 1. The minimum Gasteiger partial charge on any atom is -0.340 e. The van der Waals surface area contributed by atoms with Crippen molar-refractivity contribution in [2.75, 3.05) is 45.8 Å². The first-order valence-corrected chi connectivity index (χ1v) is 12.4. The number of hydrazone groups is 1. The molecule has 34 heavy (non-hydrogen) atoms. The van der Waals surface area contributed by atoms with E-state index in [-0.39, 0.29) is 23.1 Å². The van der Waals surface area contributed by atoms with Gasteiger partial charge < -0.3 is 9.80 Å². The van der Waals surface area contributed by atoms with Gasteiger partial charge in [0.2, 0.25) is 11.8 Å². The second kappa shape index (κ2) is 9.70. The Hall–Kier alpha value is -3.00. The number of amides is 3. The Morgan fingerprint density at radius 3 is 2.41 bits per heavy atom. The molecule has 180 valence electrons. The maximum Gasteiger partial charge on any atom is 0.270 e. The van der Waals surface area contributed by atoms with E-state index in [1.54, 1.807) is 0 Å². The molecular weight excluding hydrogens is 430 g/mol. The second-order valence-electron chi connectivity index (χ2n) is 9.94. The first-order chi connectivity index (χ1) is 16.5. The van der Waals surface area contributed by atoms with E-state index in [2.05, 4.69) is 39.7 Å². The van der Waals surface area contributed by atoms with Crippen LogP contribution in [-0.2, 0) is 14.4 Å². The van der Waals surface area contributed by atoms with Crippen molar-refractivity contribution >= 4 is 29.5 Å². The summed E-state index contributed by atoms with van der Waals surface area (Å²) in [4.78, 5) is 43.4. The zero-order chi connectivity index (χ0) is 23.5. The normalized spacial score (nSPS) is 24.8. The van der Waals surface area contributed by atoms with E-state index in [1.165, 1.54) is 5.56 Å². The summed E-state index contributed by atoms with van der Waals surface area (Å²) in [5, 5.41) is 3.94. The van der Waals surface area contributed by atoms with Crippen molar-refractivity contribution in [3.63, 3.8) is 0 Å². The highest BCUT2D eigenvalue weighted by molar-refractivity contribution is 6.39. The third-order valence-electron chi connectivity index (χ3n) is 7.84. The summed E-state index contributed by atoms with van der Waals surface area (Å²) < 4.78 is 0. The van der Waals surface area contributed by atoms with E-state index in [0.717, 1.165) is 52.0 Å². The van der Waals surface area contributed by atoms with Gasteiger partial charge in [-0.05, 0) is 30.2 Å². The van der Waals surface area contributed by atoms with Crippen molar-refractivity contribution in [2.45, 2.75) is 32.1 Å². The Labute approximate surface area is 200 Å². The predicted molar refractivity (Wildman–Crippen MR) is 130 cm³/mol. The summed E-state index contributed by atoms with van der Waals surface area (Å²) in [5.41, 5.74) is 4.13. The van der Waals surface area contributed by atoms with Crippen molar-refractivity contribution in [3.05, 3.63) is 42.0 Å². The van der Waals surface area contributed by atoms with Crippen LogP contribution in [0.25, 0.3) is 6.08 Å². The second-order valence-corrected chi connectivity index (χ2v) is 9.94. The maximum absolute atomic E-state index is 13.2. The van der Waals surface area contributed by atoms with Crippen LogP contribution in [0.1, 0.15) is 37.7 Å². The number of nitrogens with zero attached hydrogens (tertiary/aromatic N) is 4. The van der Waals surface area contributed by atoms with E-state index in [1.807, 2.05) is 28.0 Å². The zero-order valence-corrected chi connectivity index (χ0v) is 19.6. The standard InChI is InChI=1S/C26H33N5O3/c32-23-9-8-22(27-28-23)25(34)30-13-10-26(11-14-30)19-21(26)24(33)31-17-15-29(16-18-31)12-4-7-20-5-2-1-3-6-20/h1-7,21H,8-19H2,(H,28,32)/b7-4+/t21-/m0/s1. The molecule has 1 aliphatic carbocycles. The molecule has 1 aromatic rings. The van der Waals surface area contributed by atoms with Crippen LogP contribution >= 0.6 is 0 Å². The summed E-state index contributed by atoms with van der Waals surface area (Å²) >= 11 is 0. The van der Waals surface area contributed by atoms with E-state index >= 15 is 0 Å². The highest BCUT2D eigenvalue weighted by Gasteiger charge is 2.59. The summed E-state index contributed by atoms with van der Waals surface area (Å²) in [6, 6.07) is 10.3. The molecule has 3 aliphatic heterocycles. The Kier molecular flexibility index (Phi) is 6.50. The Morgan fingerprint density at radius 1 is 1.00 bits per heavy atom. The predicted octanol–water partition coefficient (Wildman–Crippen LogP) is 1.74. The quantitative estimate of drug-likeness (QED) is 0.721. The summed E-state index contributed by atoms with van der Waals surface area (Å²) in [7, 11) is 0. The van der Waals surface area contributed by atoms with Gasteiger partial charge in [0.1, 0.15) is 5.71 Å². The van der Waals surface area contributed by atoms with Gasteiger partial charge in [0.05, 0.1) is 0 Å². The number of carbonyl (C=O) groups is 3. The minimum absolute atomic E-state index is 0.0733. The first-order valence-electron chi connectivity index (χ1n) is 12.4. The van der Waals surface area contributed by atoms with Crippen LogP contribution in [0, 0.1) is 11.3 Å². The SMILES string of the molecule is O=C1CCC(C(=O)N2CCC3(CC2)C[C@H]3C(=O)N2CCN(C/C=C/c3ccccc3)CC2)=NN1. The third kappa shape index (κ3) is 4.92. The molecule has 5 rings (SSSR count). The Bertz CT molecular complexity index is 989. The van der Waals surface area contributed by atoms with Crippen molar-refractivity contribution in [2.24, 2.45) is 16.4 Å². The number of hydrogen-bond donors (Lipinski definition) is 1. The van der Waals surface area contributed by atoms with E-state index < -0.39 is 0 Å². The molecule has 0 radical (unpaired) electrons. The fraction of sp³-hybridized carbons (Fsp3) is 0.538. The van der Waals surface area contributed by atoms with Crippen LogP contribution < -0.4 is 5.43 Å².